The number of likely N-dealkylation sites (tertiary alicyclic amines) is 1. The van der Waals surface area contributed by atoms with Gasteiger partial charge in [-0.15, -0.1) is 0 Å². The molecule has 2 fully saturated rings. The molecule has 0 unspecified atom stereocenters. The number of hydrogen-bond donors (Lipinski definition) is 2. The number of carbonyl (C=O) groups is 2. The van der Waals surface area contributed by atoms with E-state index in [-0.39, 0.29) is 17.0 Å². The van der Waals surface area contributed by atoms with E-state index in [2.05, 4.69) is 15.5 Å². The van der Waals surface area contributed by atoms with Crippen LogP contribution in [-0.2, 0) is 4.79 Å². The maximum atomic E-state index is 12.5. The minimum absolute atomic E-state index is 0.0784. The van der Waals surface area contributed by atoms with E-state index in [1.807, 2.05) is 27.8 Å². The summed E-state index contributed by atoms with van der Waals surface area (Å²) in [5.74, 6) is 0.193. The lowest BCUT2D eigenvalue weighted by Crippen LogP contribution is -2.64. The molecule has 1 saturated carbocycles. The van der Waals surface area contributed by atoms with Crippen LogP contribution in [0.15, 0.2) is 18.2 Å². The molecule has 0 atom stereocenters. The average Bonchev–Trinajstić information content (AvgIpc) is 2.56. The highest BCUT2D eigenvalue weighted by Gasteiger charge is 2.51. The van der Waals surface area contributed by atoms with Gasteiger partial charge in [0, 0.05) is 29.8 Å². The average molecular weight is 428 g/mol. The summed E-state index contributed by atoms with van der Waals surface area (Å²) in [4.78, 5) is 24.2. The Hall–Kier alpha value is -1.93. The monoisotopic (exact) mass is 427 g/mol. The van der Waals surface area contributed by atoms with Crippen LogP contribution in [0.4, 0.5) is 13.2 Å². The van der Waals surface area contributed by atoms with Crippen LogP contribution in [0.25, 0.3) is 0 Å². The maximum absolute atomic E-state index is 12.5. The van der Waals surface area contributed by atoms with Crippen LogP contribution in [0.5, 0.6) is 0 Å². The summed E-state index contributed by atoms with van der Waals surface area (Å²) in [5.41, 5.74) is -0.111. The third-order valence-electron chi connectivity index (χ3n) is 5.27. The Kier molecular flexibility index (Phi) is 8.05. The molecular formula is C22H32F3N3O2. The lowest BCUT2D eigenvalue weighted by molar-refractivity contribution is -0.133. The van der Waals surface area contributed by atoms with Crippen molar-refractivity contribution in [2.24, 2.45) is 11.3 Å². The van der Waals surface area contributed by atoms with E-state index in [4.69, 9.17) is 0 Å². The summed E-state index contributed by atoms with van der Waals surface area (Å²) in [6.07, 6.45) is 0.255. The third-order valence-corrected chi connectivity index (χ3v) is 5.27. The maximum Gasteiger partial charge on any atom is 0.263 e. The number of nitrogens with zero attached hydrogens (tertiary/aromatic N) is 1. The minimum atomic E-state index is -2.75. The molecule has 0 bridgehead atoms. The second-order valence-corrected chi connectivity index (χ2v) is 9.51. The largest absolute Gasteiger partial charge is 0.350 e. The van der Waals surface area contributed by atoms with Crippen molar-refractivity contribution in [3.8, 4) is 0 Å². The molecular weight excluding hydrogens is 395 g/mol. The molecule has 1 aliphatic carbocycles. The molecule has 1 saturated heterocycles. The van der Waals surface area contributed by atoms with Crippen molar-refractivity contribution in [2.75, 3.05) is 33.2 Å². The number of amides is 1. The fourth-order valence-corrected chi connectivity index (χ4v) is 4.36. The Bertz CT molecular complexity index is 736. The smallest absolute Gasteiger partial charge is 0.263 e. The number of nitrogens with one attached hydrogen (secondary N) is 2. The summed E-state index contributed by atoms with van der Waals surface area (Å²) in [6, 6.07) is 2.57. The molecule has 168 valence electrons. The number of aldehydes is 1. The van der Waals surface area contributed by atoms with Gasteiger partial charge < -0.3 is 10.6 Å². The van der Waals surface area contributed by atoms with Crippen LogP contribution in [0.2, 0.25) is 0 Å². The van der Waals surface area contributed by atoms with E-state index in [0.29, 0.717) is 24.3 Å². The molecule has 8 heteroatoms. The molecule has 1 aromatic rings. The summed E-state index contributed by atoms with van der Waals surface area (Å²) in [5, 5.41) is 6.27. The number of alkyl halides is 2. The van der Waals surface area contributed by atoms with Crippen molar-refractivity contribution >= 4 is 12.2 Å². The molecule has 1 aliphatic heterocycles. The second-order valence-electron chi connectivity index (χ2n) is 9.51. The Balaban J connectivity index is 0.000000232. The zero-order chi connectivity index (χ0) is 22.5. The zero-order valence-corrected chi connectivity index (χ0v) is 18.1. The fraction of sp³-hybridized carbons (Fsp3) is 0.636. The van der Waals surface area contributed by atoms with Crippen molar-refractivity contribution < 1.29 is 22.8 Å². The van der Waals surface area contributed by atoms with Crippen molar-refractivity contribution in [1.82, 2.24) is 15.5 Å². The predicted octanol–water partition coefficient (Wildman–Crippen LogP) is 3.41. The van der Waals surface area contributed by atoms with Crippen LogP contribution in [0.1, 0.15) is 56.0 Å². The van der Waals surface area contributed by atoms with Gasteiger partial charge in [-0.05, 0) is 76.7 Å². The fourth-order valence-electron chi connectivity index (χ4n) is 4.36. The van der Waals surface area contributed by atoms with Gasteiger partial charge in [-0.3, -0.25) is 14.5 Å². The van der Waals surface area contributed by atoms with Gasteiger partial charge in [-0.1, -0.05) is 0 Å². The van der Waals surface area contributed by atoms with Crippen molar-refractivity contribution in [1.29, 1.82) is 0 Å². The first-order chi connectivity index (χ1) is 13.9. The standard InChI is InChI=1S/C14H27N3O.C8H5F3O/c1-13(2,3)16-12(18)8-17-9-14(10-17)5-11(6-14)7-15-4;9-7-2-5(4-12)1-6(3-7)8(10)11/h11,15H,5-10H2,1-4H3,(H,16,18);1-4,8H. The van der Waals surface area contributed by atoms with Crippen LogP contribution in [0.3, 0.4) is 0 Å². The number of halogens is 3. The van der Waals surface area contributed by atoms with E-state index >= 15 is 0 Å². The molecule has 2 N–H and O–H groups in total. The predicted molar refractivity (Wildman–Crippen MR) is 110 cm³/mol. The van der Waals surface area contributed by atoms with Gasteiger partial charge >= 0.3 is 0 Å². The van der Waals surface area contributed by atoms with Gasteiger partial charge in [0.2, 0.25) is 5.91 Å². The van der Waals surface area contributed by atoms with Gasteiger partial charge in [0.05, 0.1) is 6.54 Å². The Morgan fingerprint density at radius 2 is 1.90 bits per heavy atom. The van der Waals surface area contributed by atoms with Gasteiger partial charge in [-0.2, -0.15) is 0 Å². The van der Waals surface area contributed by atoms with Crippen LogP contribution in [0, 0.1) is 17.2 Å². The lowest BCUT2D eigenvalue weighted by Gasteiger charge is -2.59. The molecule has 0 aromatic heterocycles. The van der Waals surface area contributed by atoms with Crippen LogP contribution < -0.4 is 10.6 Å². The Morgan fingerprint density at radius 1 is 1.27 bits per heavy atom. The van der Waals surface area contributed by atoms with Crippen molar-refractivity contribution in [3.05, 3.63) is 35.1 Å². The number of benzene rings is 1. The molecule has 1 heterocycles. The van der Waals surface area contributed by atoms with Crippen LogP contribution >= 0.6 is 0 Å². The lowest BCUT2D eigenvalue weighted by atomic mass is 9.57. The molecule has 2 aliphatic rings. The SMILES string of the molecule is CNCC1CC2(C1)CN(CC(=O)NC(C)(C)C)C2.O=Cc1cc(F)cc(C(F)F)c1. The molecule has 3 rings (SSSR count). The minimum Gasteiger partial charge on any atom is -0.350 e. The summed E-state index contributed by atoms with van der Waals surface area (Å²) >= 11 is 0. The highest BCUT2D eigenvalue weighted by atomic mass is 19.3. The van der Waals surface area contributed by atoms with Gasteiger partial charge in [0.1, 0.15) is 12.1 Å². The van der Waals surface area contributed by atoms with Gasteiger partial charge in [-0.25, -0.2) is 13.2 Å². The Labute approximate surface area is 176 Å². The summed E-state index contributed by atoms with van der Waals surface area (Å²) in [7, 11) is 2.02. The molecule has 5 nitrogen and oxygen atoms in total. The first-order valence-electron chi connectivity index (χ1n) is 10.2. The first-order valence-corrected chi connectivity index (χ1v) is 10.2. The van der Waals surface area contributed by atoms with Crippen molar-refractivity contribution in [2.45, 2.75) is 45.6 Å². The van der Waals surface area contributed by atoms with E-state index < -0.39 is 17.8 Å². The molecule has 0 radical (unpaired) electrons. The van der Waals surface area contributed by atoms with E-state index in [0.717, 1.165) is 37.7 Å². The van der Waals surface area contributed by atoms with E-state index in [1.165, 1.54) is 12.8 Å². The number of hydrogen-bond acceptors (Lipinski definition) is 4. The first kappa shape index (κ1) is 24.3. The van der Waals surface area contributed by atoms with Crippen LogP contribution in [-0.4, -0.2) is 55.9 Å². The second kappa shape index (κ2) is 9.92. The highest BCUT2D eigenvalue weighted by molar-refractivity contribution is 5.78. The van der Waals surface area contributed by atoms with Crippen molar-refractivity contribution in [3.63, 3.8) is 0 Å². The molecule has 30 heavy (non-hydrogen) atoms. The highest BCUT2D eigenvalue weighted by Crippen LogP contribution is 2.51. The topological polar surface area (TPSA) is 61.4 Å². The van der Waals surface area contributed by atoms with E-state index in [1.54, 1.807) is 0 Å². The molecule has 1 aromatic carbocycles. The normalized spacial score (nSPS) is 18.3. The van der Waals surface area contributed by atoms with Gasteiger partial charge in [0.25, 0.3) is 6.43 Å². The molecule has 1 amide bonds. The Morgan fingerprint density at radius 3 is 2.40 bits per heavy atom. The quantitative estimate of drug-likeness (QED) is 0.683. The summed E-state index contributed by atoms with van der Waals surface area (Å²) < 4.78 is 36.4. The number of rotatable bonds is 6. The number of carbonyl (C=O) groups excluding carboxylic acids is 2. The van der Waals surface area contributed by atoms with E-state index in [9.17, 15) is 22.8 Å². The van der Waals surface area contributed by atoms with Gasteiger partial charge in [0.15, 0.2) is 0 Å². The third kappa shape index (κ3) is 7.09. The molecule has 1 spiro atoms. The zero-order valence-electron chi connectivity index (χ0n) is 18.1. The summed E-state index contributed by atoms with van der Waals surface area (Å²) in [6.45, 7) is 10.0.